The number of benzene rings is 5. The molecule has 4 nitrogen and oxygen atoms in total. The van der Waals surface area contributed by atoms with E-state index >= 15 is 0 Å². The van der Waals surface area contributed by atoms with E-state index in [1.165, 1.54) is 5.56 Å². The van der Waals surface area contributed by atoms with Gasteiger partial charge in [-0.3, -0.25) is 4.57 Å². The number of para-hydroxylation sites is 1. The Morgan fingerprint density at radius 3 is 2.33 bits per heavy atom. The van der Waals surface area contributed by atoms with Gasteiger partial charge in [-0.2, -0.15) is 12.1 Å². The molecule has 0 atom stereocenters. The molecule has 0 radical (unpaired) electrons. The van der Waals surface area contributed by atoms with Crippen LogP contribution < -0.4 is 9.30 Å². The van der Waals surface area contributed by atoms with Crippen molar-refractivity contribution in [3.63, 3.8) is 0 Å². The maximum Gasteiger partial charge on any atom is 3.00 e. The molecule has 43 heavy (non-hydrogen) atoms. The molecule has 7 aromatic rings. The first-order valence-corrected chi connectivity index (χ1v) is 14.1. The predicted octanol–water partition coefficient (Wildman–Crippen LogP) is 8.61. The summed E-state index contributed by atoms with van der Waals surface area (Å²) in [4.78, 5) is 4.22. The molecular formula is C38H29IrN3O+. The van der Waals surface area contributed by atoms with E-state index in [2.05, 4.69) is 95.8 Å². The molecule has 5 aromatic carbocycles. The summed E-state index contributed by atoms with van der Waals surface area (Å²) in [6.07, 6.45) is 5.34. The number of nitrogens with zero attached hydrogens (tertiary/aromatic N) is 3. The summed E-state index contributed by atoms with van der Waals surface area (Å²) in [5.41, 5.74) is 7.49. The molecule has 8 rings (SSSR count). The van der Waals surface area contributed by atoms with Gasteiger partial charge in [0.2, 0.25) is 0 Å². The van der Waals surface area contributed by atoms with E-state index in [1.54, 1.807) is 6.20 Å². The van der Waals surface area contributed by atoms with Gasteiger partial charge in [0.1, 0.15) is 11.3 Å². The van der Waals surface area contributed by atoms with E-state index in [1.807, 2.05) is 72.8 Å². The van der Waals surface area contributed by atoms with Crippen LogP contribution in [0.25, 0.3) is 44.4 Å². The molecule has 3 heterocycles. The van der Waals surface area contributed by atoms with Crippen LogP contribution in [0.4, 0.5) is 0 Å². The van der Waals surface area contributed by atoms with Crippen molar-refractivity contribution in [1.82, 2.24) is 9.55 Å². The minimum absolute atomic E-state index is 0. The van der Waals surface area contributed by atoms with Crippen molar-refractivity contribution in [2.24, 2.45) is 0 Å². The zero-order valence-corrected chi connectivity index (χ0v) is 26.5. The molecule has 0 saturated carbocycles. The van der Waals surface area contributed by atoms with Crippen molar-refractivity contribution in [2.75, 3.05) is 0 Å². The predicted molar refractivity (Wildman–Crippen MR) is 167 cm³/mol. The van der Waals surface area contributed by atoms with Crippen molar-refractivity contribution in [1.29, 1.82) is 0 Å². The fourth-order valence-corrected chi connectivity index (χ4v) is 5.29. The van der Waals surface area contributed by atoms with Crippen LogP contribution in [0.3, 0.4) is 0 Å². The molecular weight excluding hydrogens is 707 g/mol. The second kappa shape index (κ2) is 11.6. The Morgan fingerprint density at radius 1 is 0.791 bits per heavy atom. The zero-order chi connectivity index (χ0) is 28.7. The molecule has 1 aliphatic rings. The second-order valence-electron chi connectivity index (χ2n) is 11.3. The van der Waals surface area contributed by atoms with E-state index in [4.69, 9.17) is 4.74 Å². The summed E-state index contributed by atoms with van der Waals surface area (Å²) in [7, 11) is 0. The van der Waals surface area contributed by atoms with Gasteiger partial charge < -0.3 is 14.3 Å². The minimum atomic E-state index is 0. The summed E-state index contributed by atoms with van der Waals surface area (Å²) in [6, 6.07) is 45.4. The number of aromatic nitrogens is 3. The standard InChI is InChI=1S/C27H21N2O.C11H8N.Ir/c1-27(2,3)19-12-14-20(15-13-19)28-17-29-23-16-11-18-7-4-5-8-21(18)26(23)30-24-10-6-9-22(28)25(24)29;1-2-6-10(7-3-1)11-8-4-5-9-12-11;/h4-15H,1-3H3;1-6,8-9H;/q2*-1;+3. The summed E-state index contributed by atoms with van der Waals surface area (Å²) in [6.45, 7) is 6.70. The molecule has 0 aliphatic carbocycles. The van der Waals surface area contributed by atoms with Gasteiger partial charge in [-0.1, -0.05) is 80.8 Å². The monoisotopic (exact) mass is 736 g/mol. The Morgan fingerprint density at radius 2 is 1.58 bits per heavy atom. The Labute approximate surface area is 265 Å². The average Bonchev–Trinajstić information content (AvgIpc) is 3.43. The summed E-state index contributed by atoms with van der Waals surface area (Å²) < 4.78 is 10.6. The molecule has 2 aromatic heterocycles. The fraction of sp³-hybridized carbons (Fsp3) is 0.105. The van der Waals surface area contributed by atoms with Gasteiger partial charge in [0.25, 0.3) is 6.33 Å². The SMILES string of the molecule is CC(C)(C)c1ccc(-n2[c-][n+]3c4c(cccc42)Oc2c-3[c-]cc3ccccc23)cc1.[Ir+3].[c-]1ccccc1-c1ccccn1. The van der Waals surface area contributed by atoms with Gasteiger partial charge in [-0.05, 0) is 46.6 Å². The topological polar surface area (TPSA) is 30.9 Å². The molecule has 5 heteroatoms. The van der Waals surface area contributed by atoms with E-state index in [9.17, 15) is 0 Å². The molecule has 210 valence electrons. The maximum absolute atomic E-state index is 6.39. The Balaban J connectivity index is 0.000000213. The van der Waals surface area contributed by atoms with Gasteiger partial charge in [0, 0.05) is 11.9 Å². The van der Waals surface area contributed by atoms with Crippen LogP contribution in [0, 0.1) is 18.5 Å². The van der Waals surface area contributed by atoms with Crippen molar-refractivity contribution in [2.45, 2.75) is 26.2 Å². The number of ether oxygens (including phenoxy) is 1. The first-order chi connectivity index (χ1) is 20.5. The zero-order valence-electron chi connectivity index (χ0n) is 24.1. The summed E-state index contributed by atoms with van der Waals surface area (Å²) >= 11 is 0. The van der Waals surface area contributed by atoms with Crippen LogP contribution in [0.5, 0.6) is 11.5 Å². The van der Waals surface area contributed by atoms with Gasteiger partial charge in [-0.25, -0.2) is 0 Å². The Kier molecular flexibility index (Phi) is 7.70. The van der Waals surface area contributed by atoms with Crippen molar-refractivity contribution in [3.05, 3.63) is 145 Å². The van der Waals surface area contributed by atoms with Gasteiger partial charge in [0.05, 0.1) is 11.2 Å². The quantitative estimate of drug-likeness (QED) is 0.132. The molecule has 0 N–H and O–H groups in total. The van der Waals surface area contributed by atoms with Crippen LogP contribution in [0.1, 0.15) is 26.3 Å². The van der Waals surface area contributed by atoms with Crippen molar-refractivity contribution in [3.8, 4) is 34.1 Å². The molecule has 1 aliphatic heterocycles. The van der Waals surface area contributed by atoms with Crippen LogP contribution in [0.2, 0.25) is 0 Å². The van der Waals surface area contributed by atoms with E-state index in [0.29, 0.717) is 0 Å². The van der Waals surface area contributed by atoms with Gasteiger partial charge in [0.15, 0.2) is 0 Å². The summed E-state index contributed by atoms with van der Waals surface area (Å²) in [5.74, 6) is 1.67. The molecule has 0 spiro atoms. The summed E-state index contributed by atoms with van der Waals surface area (Å²) in [5, 5.41) is 2.20. The van der Waals surface area contributed by atoms with Gasteiger partial charge >= 0.3 is 20.1 Å². The molecule has 0 saturated heterocycles. The minimum Gasteiger partial charge on any atom is -0.522 e. The number of rotatable bonds is 2. The second-order valence-corrected chi connectivity index (χ2v) is 11.3. The number of imidazole rings is 1. The number of fused-ring (bicyclic) bond motifs is 4. The van der Waals surface area contributed by atoms with E-state index in [0.717, 1.165) is 55.9 Å². The number of hydrogen-bond donors (Lipinski definition) is 0. The van der Waals surface area contributed by atoms with Crippen molar-refractivity contribution < 1.29 is 29.4 Å². The number of hydrogen-bond acceptors (Lipinski definition) is 2. The van der Waals surface area contributed by atoms with Crippen LogP contribution in [0.15, 0.2) is 121 Å². The van der Waals surface area contributed by atoms with Crippen LogP contribution in [-0.4, -0.2) is 9.55 Å². The molecule has 0 unspecified atom stereocenters. The third-order valence-electron chi connectivity index (χ3n) is 7.50. The molecule has 0 bridgehead atoms. The van der Waals surface area contributed by atoms with Crippen molar-refractivity contribution >= 4 is 21.8 Å². The average molecular weight is 736 g/mol. The normalized spacial score (nSPS) is 11.6. The fourth-order valence-electron chi connectivity index (χ4n) is 5.29. The van der Waals surface area contributed by atoms with E-state index in [-0.39, 0.29) is 25.5 Å². The third-order valence-corrected chi connectivity index (χ3v) is 7.50. The Hall–Kier alpha value is -4.57. The van der Waals surface area contributed by atoms with Crippen LogP contribution in [-0.2, 0) is 25.5 Å². The smallest absolute Gasteiger partial charge is 0.522 e. The molecule has 0 amide bonds. The largest absolute Gasteiger partial charge is 3.00 e. The molecule has 0 fully saturated rings. The third kappa shape index (κ3) is 5.38. The first kappa shape index (κ1) is 28.5. The van der Waals surface area contributed by atoms with Crippen LogP contribution >= 0.6 is 0 Å². The maximum atomic E-state index is 6.39. The number of pyridine rings is 1. The van der Waals surface area contributed by atoms with Gasteiger partial charge in [-0.15, -0.1) is 47.3 Å². The Bertz CT molecular complexity index is 1990. The first-order valence-electron chi connectivity index (χ1n) is 14.1. The van der Waals surface area contributed by atoms with E-state index < -0.39 is 0 Å².